The van der Waals surface area contributed by atoms with E-state index < -0.39 is 0 Å². The van der Waals surface area contributed by atoms with Crippen LogP contribution in [0.15, 0.2) is 42.5 Å². The summed E-state index contributed by atoms with van der Waals surface area (Å²) in [5, 5.41) is 2.90. The second-order valence-electron chi connectivity index (χ2n) is 5.10. The summed E-state index contributed by atoms with van der Waals surface area (Å²) in [4.78, 5) is 12.4. The van der Waals surface area contributed by atoms with Crippen molar-refractivity contribution in [2.24, 2.45) is 0 Å². The van der Waals surface area contributed by atoms with Crippen LogP contribution in [0.4, 0.5) is 5.69 Å². The van der Waals surface area contributed by atoms with Crippen LogP contribution in [0.1, 0.15) is 19.4 Å². The van der Waals surface area contributed by atoms with Gasteiger partial charge in [0.15, 0.2) is 0 Å². The Balaban J connectivity index is 2.12. The first kappa shape index (κ1) is 17.7. The molecule has 0 aliphatic carbocycles. The molecule has 1 N–H and O–H groups in total. The van der Waals surface area contributed by atoms with Crippen LogP contribution in [-0.4, -0.2) is 26.2 Å². The van der Waals surface area contributed by atoms with Gasteiger partial charge in [-0.3, -0.25) is 4.79 Å². The molecule has 1 amide bonds. The van der Waals surface area contributed by atoms with E-state index in [4.69, 9.17) is 14.2 Å². The second kappa shape index (κ2) is 8.82. The van der Waals surface area contributed by atoms with Gasteiger partial charge < -0.3 is 19.5 Å². The lowest BCUT2D eigenvalue weighted by molar-refractivity contribution is -0.115. The highest BCUT2D eigenvalue weighted by molar-refractivity contribution is 5.94. The molecule has 0 atom stereocenters. The Morgan fingerprint density at radius 1 is 1.00 bits per heavy atom. The van der Waals surface area contributed by atoms with Crippen LogP contribution in [0.2, 0.25) is 0 Å². The summed E-state index contributed by atoms with van der Waals surface area (Å²) in [6, 6.07) is 12.9. The number of hydrogen-bond donors (Lipinski definition) is 1. The molecular weight excluding hydrogens is 306 g/mol. The van der Waals surface area contributed by atoms with E-state index in [0.29, 0.717) is 30.4 Å². The van der Waals surface area contributed by atoms with Crippen molar-refractivity contribution in [1.82, 2.24) is 0 Å². The van der Waals surface area contributed by atoms with Crippen molar-refractivity contribution in [3.05, 3.63) is 48.0 Å². The smallest absolute Gasteiger partial charge is 0.228 e. The summed E-state index contributed by atoms with van der Waals surface area (Å²) in [5.41, 5.74) is 1.49. The number of benzene rings is 2. The Kier molecular flexibility index (Phi) is 6.49. The predicted octanol–water partition coefficient (Wildman–Crippen LogP) is 3.67. The zero-order valence-corrected chi connectivity index (χ0v) is 14.3. The quantitative estimate of drug-likeness (QED) is 0.803. The largest absolute Gasteiger partial charge is 0.497 e. The summed E-state index contributed by atoms with van der Waals surface area (Å²) in [5.74, 6) is 1.92. The molecule has 0 aromatic heterocycles. The van der Waals surface area contributed by atoms with Gasteiger partial charge in [0.2, 0.25) is 5.91 Å². The fraction of sp³-hybridized carbons (Fsp3) is 0.316. The van der Waals surface area contributed by atoms with Crippen molar-refractivity contribution in [3.63, 3.8) is 0 Å². The van der Waals surface area contributed by atoms with Gasteiger partial charge in [0.1, 0.15) is 17.2 Å². The molecule has 0 fully saturated rings. The standard InChI is InChI=1S/C19H23NO4/c1-4-23-16-9-10-18(24-5-2)17(13-16)20-19(21)12-14-7-6-8-15(11-14)22-3/h6-11,13H,4-5,12H2,1-3H3,(H,20,21). The van der Waals surface area contributed by atoms with E-state index in [0.717, 1.165) is 11.3 Å². The fourth-order valence-electron chi connectivity index (χ4n) is 2.31. The summed E-state index contributed by atoms with van der Waals surface area (Å²) in [7, 11) is 1.60. The van der Waals surface area contributed by atoms with Crippen LogP contribution < -0.4 is 19.5 Å². The number of nitrogens with one attached hydrogen (secondary N) is 1. The monoisotopic (exact) mass is 329 g/mol. The van der Waals surface area contributed by atoms with E-state index in [1.807, 2.05) is 44.2 Å². The number of methoxy groups -OCH3 is 1. The van der Waals surface area contributed by atoms with Crippen molar-refractivity contribution in [1.29, 1.82) is 0 Å². The number of hydrogen-bond acceptors (Lipinski definition) is 4. The minimum absolute atomic E-state index is 0.127. The maximum absolute atomic E-state index is 12.4. The van der Waals surface area contributed by atoms with Gasteiger partial charge in [-0.05, 0) is 43.7 Å². The van der Waals surface area contributed by atoms with Crippen LogP contribution in [0, 0.1) is 0 Å². The molecule has 24 heavy (non-hydrogen) atoms. The van der Waals surface area contributed by atoms with Crippen molar-refractivity contribution in [2.45, 2.75) is 20.3 Å². The number of carbonyl (C=O) groups excluding carboxylic acids is 1. The van der Waals surface area contributed by atoms with Gasteiger partial charge in [-0.25, -0.2) is 0 Å². The highest BCUT2D eigenvalue weighted by atomic mass is 16.5. The molecule has 0 aliphatic rings. The molecule has 0 spiro atoms. The molecule has 0 heterocycles. The molecule has 2 aromatic carbocycles. The molecule has 2 rings (SSSR count). The molecule has 128 valence electrons. The van der Waals surface area contributed by atoms with E-state index >= 15 is 0 Å². The normalized spacial score (nSPS) is 10.1. The number of ether oxygens (including phenoxy) is 3. The molecule has 0 unspecified atom stereocenters. The van der Waals surface area contributed by atoms with Crippen molar-refractivity contribution in [2.75, 3.05) is 25.6 Å². The molecule has 5 nitrogen and oxygen atoms in total. The van der Waals surface area contributed by atoms with Gasteiger partial charge in [0.25, 0.3) is 0 Å². The van der Waals surface area contributed by atoms with E-state index in [9.17, 15) is 4.79 Å². The number of amides is 1. The molecule has 0 aliphatic heterocycles. The highest BCUT2D eigenvalue weighted by Crippen LogP contribution is 2.29. The molecule has 0 saturated carbocycles. The lowest BCUT2D eigenvalue weighted by Gasteiger charge is -2.13. The first-order valence-electron chi connectivity index (χ1n) is 7.98. The third-order valence-corrected chi connectivity index (χ3v) is 3.33. The number of rotatable bonds is 8. The lowest BCUT2D eigenvalue weighted by atomic mass is 10.1. The Hall–Kier alpha value is -2.69. The van der Waals surface area contributed by atoms with E-state index in [1.165, 1.54) is 0 Å². The fourth-order valence-corrected chi connectivity index (χ4v) is 2.31. The summed E-state index contributed by atoms with van der Waals surface area (Å²) < 4.78 is 16.2. The third kappa shape index (κ3) is 4.91. The van der Waals surface area contributed by atoms with Gasteiger partial charge in [-0.2, -0.15) is 0 Å². The van der Waals surface area contributed by atoms with E-state index in [2.05, 4.69) is 5.32 Å². The highest BCUT2D eigenvalue weighted by Gasteiger charge is 2.11. The average molecular weight is 329 g/mol. The maximum Gasteiger partial charge on any atom is 0.228 e. The number of carbonyl (C=O) groups is 1. The minimum atomic E-state index is -0.127. The summed E-state index contributed by atoms with van der Waals surface area (Å²) >= 11 is 0. The van der Waals surface area contributed by atoms with Crippen LogP contribution >= 0.6 is 0 Å². The third-order valence-electron chi connectivity index (χ3n) is 3.33. The molecule has 0 radical (unpaired) electrons. The lowest BCUT2D eigenvalue weighted by Crippen LogP contribution is -2.15. The molecule has 0 bridgehead atoms. The first-order chi connectivity index (χ1) is 11.7. The van der Waals surface area contributed by atoms with Gasteiger partial charge in [0.05, 0.1) is 32.4 Å². The average Bonchev–Trinajstić information content (AvgIpc) is 2.57. The topological polar surface area (TPSA) is 56.8 Å². The summed E-state index contributed by atoms with van der Waals surface area (Å²) in [6.07, 6.45) is 0.252. The Labute approximate surface area is 142 Å². The van der Waals surface area contributed by atoms with Gasteiger partial charge in [-0.1, -0.05) is 12.1 Å². The predicted molar refractivity (Wildman–Crippen MR) is 94.1 cm³/mol. The van der Waals surface area contributed by atoms with Gasteiger partial charge in [0, 0.05) is 6.07 Å². The van der Waals surface area contributed by atoms with E-state index in [-0.39, 0.29) is 12.3 Å². The van der Waals surface area contributed by atoms with Gasteiger partial charge >= 0.3 is 0 Å². The van der Waals surface area contributed by atoms with Crippen LogP contribution in [0.3, 0.4) is 0 Å². The first-order valence-corrected chi connectivity index (χ1v) is 7.98. The molecule has 2 aromatic rings. The van der Waals surface area contributed by atoms with Crippen molar-refractivity contribution < 1.29 is 19.0 Å². The number of anilines is 1. The summed E-state index contributed by atoms with van der Waals surface area (Å²) in [6.45, 7) is 4.90. The Morgan fingerprint density at radius 2 is 1.79 bits per heavy atom. The zero-order valence-electron chi connectivity index (χ0n) is 14.3. The Bertz CT molecular complexity index is 685. The van der Waals surface area contributed by atoms with E-state index in [1.54, 1.807) is 19.2 Å². The SMILES string of the molecule is CCOc1ccc(OCC)c(NC(=O)Cc2cccc(OC)c2)c1. The Morgan fingerprint density at radius 3 is 2.50 bits per heavy atom. The van der Waals surface area contributed by atoms with Crippen LogP contribution in [-0.2, 0) is 11.2 Å². The van der Waals surface area contributed by atoms with Crippen molar-refractivity contribution >= 4 is 11.6 Å². The van der Waals surface area contributed by atoms with Crippen molar-refractivity contribution in [3.8, 4) is 17.2 Å². The molecule has 5 heteroatoms. The molecule has 0 saturated heterocycles. The minimum Gasteiger partial charge on any atom is -0.497 e. The van der Waals surface area contributed by atoms with Gasteiger partial charge in [-0.15, -0.1) is 0 Å². The maximum atomic E-state index is 12.4. The second-order valence-corrected chi connectivity index (χ2v) is 5.10. The molecular formula is C19H23NO4. The zero-order chi connectivity index (χ0) is 17.4. The van der Waals surface area contributed by atoms with Crippen LogP contribution in [0.25, 0.3) is 0 Å². The van der Waals surface area contributed by atoms with Crippen LogP contribution in [0.5, 0.6) is 17.2 Å².